The number of ketones is 1. The summed E-state index contributed by atoms with van der Waals surface area (Å²) in [6, 6.07) is 11.0. The van der Waals surface area contributed by atoms with Gasteiger partial charge in [0.2, 0.25) is 29.5 Å². The van der Waals surface area contributed by atoms with Gasteiger partial charge in [-0.3, -0.25) is 38.5 Å². The van der Waals surface area contributed by atoms with Gasteiger partial charge in [0.25, 0.3) is 11.8 Å². The highest BCUT2D eigenvalue weighted by atomic mass is 16.6. The van der Waals surface area contributed by atoms with E-state index in [1.54, 1.807) is 68.3 Å². The van der Waals surface area contributed by atoms with Crippen molar-refractivity contribution >= 4 is 70.3 Å². The minimum Gasteiger partial charge on any atom is -0.493 e. The fourth-order valence-electron chi connectivity index (χ4n) is 11.8. The summed E-state index contributed by atoms with van der Waals surface area (Å²) in [6.07, 6.45) is 7.69. The maximum atomic E-state index is 14.5. The molecule has 8 amide bonds. The number of ether oxygens (including phenoxy) is 5. The maximum absolute atomic E-state index is 14.5. The Morgan fingerprint density at radius 3 is 1.94 bits per heavy atom. The molecule has 23 heteroatoms. The van der Waals surface area contributed by atoms with Crippen molar-refractivity contribution in [1.29, 1.82) is 0 Å². The summed E-state index contributed by atoms with van der Waals surface area (Å²) in [7, 11) is 3.09. The second-order valence-corrected chi connectivity index (χ2v) is 23.8. The van der Waals surface area contributed by atoms with Crippen molar-refractivity contribution in [3.05, 3.63) is 65.2 Å². The van der Waals surface area contributed by atoms with Gasteiger partial charge < -0.3 is 70.2 Å². The highest BCUT2D eigenvalue weighted by molar-refractivity contribution is 6.06. The summed E-state index contributed by atoms with van der Waals surface area (Å²) in [5, 5.41) is 16.2. The summed E-state index contributed by atoms with van der Waals surface area (Å²) in [5.74, 6) is -1.85. The summed E-state index contributed by atoms with van der Waals surface area (Å²) in [4.78, 5) is 122. The molecule has 452 valence electrons. The number of hydrogen-bond donors (Lipinski definition) is 6. The van der Waals surface area contributed by atoms with Gasteiger partial charge in [-0.1, -0.05) is 26.0 Å². The number of hydrogen-bond acceptors (Lipinski definition) is 15. The molecule has 0 bridgehead atoms. The van der Waals surface area contributed by atoms with Crippen LogP contribution in [0.4, 0.5) is 21.9 Å². The third-order valence-electron chi connectivity index (χ3n) is 17.1. The first kappa shape index (κ1) is 60.5. The van der Waals surface area contributed by atoms with Crippen molar-refractivity contribution in [1.82, 2.24) is 31.1 Å². The third-order valence-corrected chi connectivity index (χ3v) is 17.1. The molecule has 5 atom stereocenters. The molecule has 84 heavy (non-hydrogen) atoms. The highest BCUT2D eigenvalue weighted by Gasteiger charge is 2.57. The summed E-state index contributed by atoms with van der Waals surface area (Å²) >= 11 is 0. The van der Waals surface area contributed by atoms with Gasteiger partial charge >= 0.3 is 6.09 Å². The molecule has 0 radical (unpaired) electrons. The monoisotopic (exact) mass is 1160 g/mol. The Labute approximate surface area is 489 Å². The first-order chi connectivity index (χ1) is 40.2. The summed E-state index contributed by atoms with van der Waals surface area (Å²) < 4.78 is 30.1. The van der Waals surface area contributed by atoms with Gasteiger partial charge in [0.1, 0.15) is 24.5 Å². The van der Waals surface area contributed by atoms with Crippen LogP contribution in [0.25, 0.3) is 0 Å². The lowest BCUT2D eigenvalue weighted by Crippen LogP contribution is -2.55. The number of benzene rings is 3. The lowest BCUT2D eigenvalue weighted by molar-refractivity contribution is -0.132. The molecule has 3 aromatic carbocycles. The first-order valence-electron chi connectivity index (χ1n) is 29.2. The number of nitrogens with zero attached hydrogens (tertiary/aromatic N) is 3. The number of methoxy groups -OCH3 is 2. The minimum atomic E-state index is -1.05. The van der Waals surface area contributed by atoms with Crippen LogP contribution in [0.2, 0.25) is 0 Å². The van der Waals surface area contributed by atoms with Crippen molar-refractivity contribution in [2.75, 3.05) is 75.7 Å². The molecule has 2 spiro atoms. The van der Waals surface area contributed by atoms with Crippen LogP contribution in [0.3, 0.4) is 0 Å². The number of carbonyl (C=O) groups is 9. The Bertz CT molecular complexity index is 3030. The number of amides is 8. The van der Waals surface area contributed by atoms with E-state index in [1.807, 2.05) is 22.8 Å². The molecular formula is C61H79N9O14. The summed E-state index contributed by atoms with van der Waals surface area (Å²) in [5.41, 5.74) is 3.38. The van der Waals surface area contributed by atoms with Gasteiger partial charge in [-0.15, -0.1) is 0 Å². The molecule has 2 saturated heterocycles. The number of carbonyl (C=O) groups excluding carboxylic acids is 9. The topological polar surface area (TPSA) is 282 Å². The fraction of sp³-hybridized carbons (Fsp3) is 0.557. The van der Waals surface area contributed by atoms with Gasteiger partial charge in [-0.25, -0.2) is 4.79 Å². The number of nitrogens with one attached hydrogen (secondary N) is 6. The maximum Gasteiger partial charge on any atom is 0.414 e. The molecule has 4 heterocycles. The average Bonchev–Trinajstić information content (AvgIpc) is 2.11. The SMILES string of the molecule is COc1cc2c(cc1OCCCCCOc1cc3c(cc1OC)C(=O)N1CC4(CC4)C[C@H]1[C@H](C)N3C(=O)OCc1ccc(NC(=O)[C@H](C)NC(=O)[C@@H](NC(=O)CNC(=O)CNC(=O)CCC(C)=O)C(C)C)cc1)NC[C@@H]1CC3(CC3)CN1C2=O. The standard InChI is InChI=1S/C61H79N9O14/c1-35(2)54(67-53(74)31-64-52(73)30-63-51(72)16-11-36(3)71)56(76)65-37(4)55(75)66-40-14-12-39(13-15-40)32-84-59(79)70-38(5)46-28-61(19-20-61)34-69(46)58(78)43-24-48(81-7)50(26-45(43)70)83-22-10-8-9-21-82-49-25-44-42(23-47(49)80-6)57(77)68-33-60(17-18-60)27-41(68)29-62-44/h12-15,23-26,35,37-38,41,46,54,62H,8-11,16-22,27-34H2,1-7H3,(H,63,72)(H,64,73)(H,65,76)(H,66,75)(H,67,74)/t37-,38-,41-,46-,54-/m0/s1. The van der Waals surface area contributed by atoms with E-state index in [2.05, 4.69) is 31.9 Å². The van der Waals surface area contributed by atoms with E-state index in [0.717, 1.165) is 44.3 Å². The zero-order chi connectivity index (χ0) is 60.0. The lowest BCUT2D eigenvalue weighted by atomic mass is 9.98. The van der Waals surface area contributed by atoms with Gasteiger partial charge in [-0.2, -0.15) is 0 Å². The molecule has 6 N–H and O–H groups in total. The molecule has 23 nitrogen and oxygen atoms in total. The summed E-state index contributed by atoms with van der Waals surface area (Å²) in [6.45, 7) is 10.1. The van der Waals surface area contributed by atoms with Crippen molar-refractivity contribution in [3.8, 4) is 23.0 Å². The van der Waals surface area contributed by atoms with Crippen LogP contribution >= 0.6 is 0 Å². The van der Waals surface area contributed by atoms with Crippen LogP contribution in [0.15, 0.2) is 48.5 Å². The molecule has 3 aromatic rings. The van der Waals surface area contributed by atoms with Gasteiger partial charge in [0, 0.05) is 56.3 Å². The molecular weight excluding hydrogens is 1080 g/mol. The van der Waals surface area contributed by atoms with E-state index in [4.69, 9.17) is 23.7 Å². The number of rotatable bonds is 25. The van der Waals surface area contributed by atoms with E-state index in [1.165, 1.54) is 33.8 Å². The van der Waals surface area contributed by atoms with Crippen LogP contribution in [0.1, 0.15) is 132 Å². The Morgan fingerprint density at radius 1 is 0.690 bits per heavy atom. The van der Waals surface area contributed by atoms with Crippen molar-refractivity contribution in [2.24, 2.45) is 16.7 Å². The second-order valence-electron chi connectivity index (χ2n) is 23.8. The van der Waals surface area contributed by atoms with Crippen molar-refractivity contribution in [3.63, 3.8) is 0 Å². The lowest BCUT2D eigenvalue weighted by Gasteiger charge is -2.33. The van der Waals surface area contributed by atoms with Gasteiger partial charge in [0.05, 0.1) is 75.1 Å². The van der Waals surface area contributed by atoms with Crippen LogP contribution in [0, 0.1) is 16.7 Å². The zero-order valence-electron chi connectivity index (χ0n) is 49.1. The number of anilines is 3. The molecule has 0 unspecified atom stereocenters. The molecule has 2 aliphatic carbocycles. The van der Waals surface area contributed by atoms with Gasteiger partial charge in [0.15, 0.2) is 23.0 Å². The molecule has 6 aliphatic rings. The second kappa shape index (κ2) is 25.8. The average molecular weight is 1160 g/mol. The Hall–Kier alpha value is -8.11. The number of fused-ring (bicyclic) bond motifs is 4. The smallest absolute Gasteiger partial charge is 0.414 e. The molecule has 4 fully saturated rings. The third kappa shape index (κ3) is 14.1. The fourth-order valence-corrected chi connectivity index (χ4v) is 11.8. The quantitative estimate of drug-likeness (QED) is 0.0573. The zero-order valence-corrected chi connectivity index (χ0v) is 49.1. The normalized spacial score (nSPS) is 19.9. The van der Waals surface area contributed by atoms with Crippen LogP contribution in [-0.2, 0) is 40.1 Å². The first-order valence-corrected chi connectivity index (χ1v) is 29.2. The highest BCUT2D eigenvalue weighted by Crippen LogP contribution is 2.58. The van der Waals surface area contributed by atoms with Crippen LogP contribution < -0.4 is 55.7 Å². The Morgan fingerprint density at radius 2 is 1.30 bits per heavy atom. The van der Waals surface area contributed by atoms with Crippen molar-refractivity contribution < 1.29 is 66.8 Å². The molecule has 0 aromatic heterocycles. The molecule has 2 saturated carbocycles. The molecule has 9 rings (SSSR count). The van der Waals surface area contributed by atoms with E-state index in [0.29, 0.717) is 95.6 Å². The van der Waals surface area contributed by atoms with Crippen LogP contribution in [0.5, 0.6) is 23.0 Å². The van der Waals surface area contributed by atoms with E-state index in [-0.39, 0.29) is 54.5 Å². The van der Waals surface area contributed by atoms with Crippen LogP contribution in [-0.4, -0.2) is 153 Å². The number of Topliss-reactive ketones (excluding diaryl/α,β-unsaturated/α-hetero) is 1. The van der Waals surface area contributed by atoms with Crippen molar-refractivity contribution in [2.45, 2.75) is 142 Å². The number of unbranched alkanes of at least 4 members (excludes halogenated alkanes) is 2. The predicted molar refractivity (Wildman–Crippen MR) is 309 cm³/mol. The van der Waals surface area contributed by atoms with E-state index < -0.39 is 72.8 Å². The largest absolute Gasteiger partial charge is 0.493 e. The predicted octanol–water partition coefficient (Wildman–Crippen LogP) is 5.48. The Balaban J connectivity index is 0.766. The van der Waals surface area contributed by atoms with Gasteiger partial charge in [-0.05, 0) is 125 Å². The molecule has 4 aliphatic heterocycles. The van der Waals surface area contributed by atoms with E-state index >= 15 is 0 Å². The minimum absolute atomic E-state index is 0.0334. The van der Waals surface area contributed by atoms with E-state index in [9.17, 15) is 43.2 Å². The Kier molecular flexibility index (Phi) is 18.6.